The van der Waals surface area contributed by atoms with Crippen LogP contribution in [0.25, 0.3) is 11.0 Å². The molecule has 3 aliphatic rings. The monoisotopic (exact) mass is 402 g/mol. The zero-order chi connectivity index (χ0) is 20.1. The van der Waals surface area contributed by atoms with E-state index in [0.717, 1.165) is 68.1 Å². The Hall–Kier alpha value is -2.60. The summed E-state index contributed by atoms with van der Waals surface area (Å²) in [5, 5.41) is 8.92. The van der Waals surface area contributed by atoms with Crippen molar-refractivity contribution in [3.05, 3.63) is 47.5 Å². The molecule has 0 saturated carbocycles. The Labute approximate surface area is 177 Å². The molecule has 1 spiro atoms. The third-order valence-electron chi connectivity index (χ3n) is 7.72. The quantitative estimate of drug-likeness (QED) is 0.682. The number of hydrogen-bond donors (Lipinski definition) is 2. The van der Waals surface area contributed by atoms with Gasteiger partial charge in [0.15, 0.2) is 11.5 Å². The highest BCUT2D eigenvalue weighted by Gasteiger charge is 2.45. The number of benzene rings is 1. The summed E-state index contributed by atoms with van der Waals surface area (Å²) in [5.41, 5.74) is 10.6. The molecular formula is C24H30N6. The number of rotatable bonds is 2. The van der Waals surface area contributed by atoms with E-state index in [2.05, 4.69) is 56.4 Å². The van der Waals surface area contributed by atoms with Crippen molar-refractivity contribution in [3.8, 4) is 0 Å². The second kappa shape index (κ2) is 6.98. The van der Waals surface area contributed by atoms with Crippen LogP contribution in [-0.4, -0.2) is 41.4 Å². The van der Waals surface area contributed by atoms with Gasteiger partial charge in [-0.3, -0.25) is 5.10 Å². The zero-order valence-corrected chi connectivity index (χ0v) is 17.5. The summed E-state index contributed by atoms with van der Waals surface area (Å²) >= 11 is 0. The van der Waals surface area contributed by atoms with Gasteiger partial charge >= 0.3 is 0 Å². The molecule has 30 heavy (non-hydrogen) atoms. The first-order chi connectivity index (χ1) is 14.7. The van der Waals surface area contributed by atoms with Gasteiger partial charge in [0.1, 0.15) is 5.82 Å². The molecule has 2 fully saturated rings. The number of hydrogen-bond acceptors (Lipinski definition) is 5. The average Bonchev–Trinajstić information content (AvgIpc) is 3.34. The van der Waals surface area contributed by atoms with Crippen LogP contribution in [0, 0.1) is 5.41 Å². The molecule has 3 aromatic rings. The van der Waals surface area contributed by atoms with Crippen LogP contribution in [0.1, 0.15) is 49.3 Å². The first kappa shape index (κ1) is 18.2. The minimum absolute atomic E-state index is 0.158. The Balaban J connectivity index is 1.20. The van der Waals surface area contributed by atoms with E-state index >= 15 is 0 Å². The standard InChI is InChI=1S/C24H30N6/c25-21-18-7-3-2-6-17(18)16-24(21)10-14-29(15-11-24)20-9-8-19-22(26-20)27-28-23(19)30-12-4-1-5-13-30/h2-3,6-9,21H,1,4-5,10-16,25H2,(H,26,27,28)/t21-/m1/s1. The number of aromatic amines is 1. The highest BCUT2D eigenvalue weighted by molar-refractivity contribution is 5.88. The van der Waals surface area contributed by atoms with E-state index < -0.39 is 0 Å². The molecule has 6 heteroatoms. The van der Waals surface area contributed by atoms with Gasteiger partial charge in [-0.15, -0.1) is 0 Å². The lowest BCUT2D eigenvalue weighted by molar-refractivity contribution is 0.187. The Morgan fingerprint density at radius 3 is 2.53 bits per heavy atom. The predicted molar refractivity (Wildman–Crippen MR) is 121 cm³/mol. The molecule has 0 radical (unpaired) electrons. The van der Waals surface area contributed by atoms with E-state index in [-0.39, 0.29) is 11.5 Å². The molecule has 3 N–H and O–H groups in total. The van der Waals surface area contributed by atoms with Crippen LogP contribution in [0.2, 0.25) is 0 Å². The van der Waals surface area contributed by atoms with E-state index in [0.29, 0.717) is 0 Å². The van der Waals surface area contributed by atoms with Gasteiger partial charge in [-0.2, -0.15) is 5.10 Å². The summed E-state index contributed by atoms with van der Waals surface area (Å²) in [5.74, 6) is 2.12. The third kappa shape index (κ3) is 2.81. The first-order valence-electron chi connectivity index (χ1n) is 11.4. The van der Waals surface area contributed by atoms with Gasteiger partial charge in [0.05, 0.1) is 5.39 Å². The molecule has 2 aromatic heterocycles. The number of anilines is 2. The van der Waals surface area contributed by atoms with Gasteiger partial charge < -0.3 is 15.5 Å². The van der Waals surface area contributed by atoms with Gasteiger partial charge in [-0.05, 0) is 67.2 Å². The van der Waals surface area contributed by atoms with Crippen LogP contribution >= 0.6 is 0 Å². The Bertz CT molecular complexity index is 1060. The molecular weight excluding hydrogens is 372 g/mol. The SMILES string of the molecule is N[C@@H]1c2ccccc2CC12CCN(c1ccc3c(N4CCCCC4)n[nH]c3n1)CC2. The van der Waals surface area contributed by atoms with Crippen molar-refractivity contribution in [1.82, 2.24) is 15.2 Å². The molecule has 6 rings (SSSR count). The van der Waals surface area contributed by atoms with Gasteiger partial charge in [0.25, 0.3) is 0 Å². The number of piperidine rings is 2. The van der Waals surface area contributed by atoms with Crippen LogP contribution in [0.4, 0.5) is 11.6 Å². The summed E-state index contributed by atoms with van der Waals surface area (Å²) < 4.78 is 0. The number of pyridine rings is 1. The molecule has 0 unspecified atom stereocenters. The summed E-state index contributed by atoms with van der Waals surface area (Å²) in [4.78, 5) is 9.75. The van der Waals surface area contributed by atoms with Crippen molar-refractivity contribution in [2.45, 2.75) is 44.6 Å². The molecule has 0 bridgehead atoms. The van der Waals surface area contributed by atoms with E-state index in [9.17, 15) is 0 Å². The van der Waals surface area contributed by atoms with Crippen molar-refractivity contribution < 1.29 is 0 Å². The molecule has 4 heterocycles. The fourth-order valence-electron chi connectivity index (χ4n) is 5.89. The molecule has 1 atom stereocenters. The summed E-state index contributed by atoms with van der Waals surface area (Å²) in [6, 6.07) is 13.3. The number of nitrogens with one attached hydrogen (secondary N) is 1. The molecule has 1 aromatic carbocycles. The lowest BCUT2D eigenvalue weighted by atomic mass is 9.73. The first-order valence-corrected chi connectivity index (χ1v) is 11.4. The van der Waals surface area contributed by atoms with Gasteiger partial charge in [-0.1, -0.05) is 24.3 Å². The maximum absolute atomic E-state index is 6.74. The molecule has 0 amide bonds. The fraction of sp³-hybridized carbons (Fsp3) is 0.500. The molecule has 1 aliphatic carbocycles. The van der Waals surface area contributed by atoms with Crippen LogP contribution in [-0.2, 0) is 6.42 Å². The highest BCUT2D eigenvalue weighted by Crippen LogP contribution is 2.50. The minimum atomic E-state index is 0.158. The third-order valence-corrected chi connectivity index (χ3v) is 7.72. The van der Waals surface area contributed by atoms with Gasteiger partial charge in [0.2, 0.25) is 0 Å². The Kier molecular flexibility index (Phi) is 4.23. The smallest absolute Gasteiger partial charge is 0.160 e. The van der Waals surface area contributed by atoms with Crippen LogP contribution in [0.15, 0.2) is 36.4 Å². The number of aromatic nitrogens is 3. The van der Waals surface area contributed by atoms with Gasteiger partial charge in [-0.25, -0.2) is 4.98 Å². The lowest BCUT2D eigenvalue weighted by Gasteiger charge is -2.42. The Morgan fingerprint density at radius 2 is 1.73 bits per heavy atom. The summed E-state index contributed by atoms with van der Waals surface area (Å²) in [6.07, 6.45) is 7.18. The van der Waals surface area contributed by atoms with Crippen LogP contribution < -0.4 is 15.5 Å². The second-order valence-electron chi connectivity index (χ2n) is 9.36. The maximum Gasteiger partial charge on any atom is 0.160 e. The van der Waals surface area contributed by atoms with Crippen molar-refractivity contribution >= 4 is 22.7 Å². The largest absolute Gasteiger partial charge is 0.357 e. The number of H-pyrrole nitrogens is 1. The molecule has 6 nitrogen and oxygen atoms in total. The normalized spacial score (nSPS) is 23.3. The maximum atomic E-state index is 6.74. The molecule has 156 valence electrons. The Morgan fingerprint density at radius 1 is 0.933 bits per heavy atom. The highest BCUT2D eigenvalue weighted by atomic mass is 15.3. The fourth-order valence-corrected chi connectivity index (χ4v) is 5.89. The van der Waals surface area contributed by atoms with Crippen molar-refractivity contribution in [2.75, 3.05) is 36.0 Å². The lowest BCUT2D eigenvalue weighted by Crippen LogP contribution is -2.44. The van der Waals surface area contributed by atoms with Crippen LogP contribution in [0.5, 0.6) is 0 Å². The zero-order valence-electron chi connectivity index (χ0n) is 17.5. The number of nitrogens with zero attached hydrogens (tertiary/aromatic N) is 4. The molecule has 2 saturated heterocycles. The van der Waals surface area contributed by atoms with E-state index in [1.54, 1.807) is 0 Å². The predicted octanol–water partition coefficient (Wildman–Crippen LogP) is 3.79. The van der Waals surface area contributed by atoms with E-state index in [1.807, 2.05) is 0 Å². The molecule has 2 aliphatic heterocycles. The summed E-state index contributed by atoms with van der Waals surface area (Å²) in [7, 11) is 0. The van der Waals surface area contributed by atoms with Crippen LogP contribution in [0.3, 0.4) is 0 Å². The second-order valence-corrected chi connectivity index (χ2v) is 9.36. The number of nitrogens with two attached hydrogens (primary N) is 1. The topological polar surface area (TPSA) is 74.1 Å². The summed E-state index contributed by atoms with van der Waals surface area (Å²) in [6.45, 7) is 4.21. The average molecular weight is 403 g/mol. The number of fused-ring (bicyclic) bond motifs is 2. The van der Waals surface area contributed by atoms with E-state index in [1.165, 1.54) is 30.4 Å². The van der Waals surface area contributed by atoms with Gasteiger partial charge in [0, 0.05) is 32.2 Å². The van der Waals surface area contributed by atoms with Crippen molar-refractivity contribution in [2.24, 2.45) is 11.1 Å². The van der Waals surface area contributed by atoms with E-state index in [4.69, 9.17) is 10.7 Å². The van der Waals surface area contributed by atoms with Crippen molar-refractivity contribution in [1.29, 1.82) is 0 Å². The van der Waals surface area contributed by atoms with Crippen molar-refractivity contribution in [3.63, 3.8) is 0 Å². The minimum Gasteiger partial charge on any atom is -0.357 e.